The predicted octanol–water partition coefficient (Wildman–Crippen LogP) is 4.15. The second-order valence-corrected chi connectivity index (χ2v) is 7.95. The van der Waals surface area contributed by atoms with Crippen molar-refractivity contribution in [3.05, 3.63) is 28.3 Å². The van der Waals surface area contributed by atoms with Crippen molar-refractivity contribution in [3.8, 4) is 0 Å². The Bertz CT molecular complexity index is 620. The molecule has 25 heavy (non-hydrogen) atoms. The lowest BCUT2D eigenvalue weighted by atomic mass is 10.0. The number of ether oxygens (including phenoxy) is 1. The smallest absolute Gasteiger partial charge is 0.410 e. The summed E-state index contributed by atoms with van der Waals surface area (Å²) < 4.78 is 5.44. The molecule has 1 aromatic carbocycles. The molecule has 1 fully saturated rings. The summed E-state index contributed by atoms with van der Waals surface area (Å²) in [5.41, 5.74) is 2.32. The number of aliphatic hydroxyl groups is 1. The quantitative estimate of drug-likeness (QED) is 0.870. The van der Waals surface area contributed by atoms with E-state index in [1.54, 1.807) is 4.90 Å². The third-order valence-corrected chi connectivity index (χ3v) is 4.73. The Kier molecular flexibility index (Phi) is 6.22. The highest BCUT2D eigenvalue weighted by molar-refractivity contribution is 6.31. The van der Waals surface area contributed by atoms with Crippen molar-refractivity contribution in [2.24, 2.45) is 0 Å². The summed E-state index contributed by atoms with van der Waals surface area (Å²) in [4.78, 5) is 16.1. The number of anilines is 1. The van der Waals surface area contributed by atoms with E-state index in [9.17, 15) is 9.90 Å². The summed E-state index contributed by atoms with van der Waals surface area (Å²) in [6.07, 6.45) is -0.149. The maximum Gasteiger partial charge on any atom is 0.410 e. The van der Waals surface area contributed by atoms with Crippen molar-refractivity contribution in [2.75, 3.05) is 31.1 Å². The van der Waals surface area contributed by atoms with Crippen LogP contribution in [-0.2, 0) is 4.74 Å². The van der Waals surface area contributed by atoms with Gasteiger partial charge in [-0.15, -0.1) is 0 Å². The second-order valence-electron chi connectivity index (χ2n) is 7.54. The van der Waals surface area contributed by atoms with Gasteiger partial charge in [0.05, 0.1) is 6.10 Å². The zero-order chi connectivity index (χ0) is 18.8. The SMILES string of the molecule is CC[C@@H](O)c1cc(C)c(Cl)cc1N1CCN(C(=O)OC(C)(C)C)CC1. The van der Waals surface area contributed by atoms with Crippen LogP contribution in [0.2, 0.25) is 5.02 Å². The van der Waals surface area contributed by atoms with E-state index < -0.39 is 11.7 Å². The van der Waals surface area contributed by atoms with Crippen molar-refractivity contribution in [1.29, 1.82) is 0 Å². The number of aryl methyl sites for hydroxylation is 1. The Morgan fingerprint density at radius 2 is 1.88 bits per heavy atom. The van der Waals surface area contributed by atoms with E-state index in [1.165, 1.54) is 0 Å². The van der Waals surface area contributed by atoms with Gasteiger partial charge in [-0.3, -0.25) is 0 Å². The normalized spacial score (nSPS) is 16.8. The number of benzene rings is 1. The van der Waals surface area contributed by atoms with Gasteiger partial charge in [-0.25, -0.2) is 4.79 Å². The minimum absolute atomic E-state index is 0.275. The molecule has 0 unspecified atom stereocenters. The molecule has 0 aliphatic carbocycles. The van der Waals surface area contributed by atoms with Crippen LogP contribution in [0.3, 0.4) is 0 Å². The van der Waals surface area contributed by atoms with Gasteiger partial charge in [-0.2, -0.15) is 0 Å². The van der Waals surface area contributed by atoms with E-state index in [0.29, 0.717) is 37.6 Å². The predicted molar refractivity (Wildman–Crippen MR) is 101 cm³/mol. The van der Waals surface area contributed by atoms with Gasteiger partial charge >= 0.3 is 6.09 Å². The molecule has 1 N–H and O–H groups in total. The highest BCUT2D eigenvalue weighted by atomic mass is 35.5. The number of hydrogen-bond acceptors (Lipinski definition) is 4. The number of amides is 1. The van der Waals surface area contributed by atoms with Gasteiger partial charge in [-0.05, 0) is 51.8 Å². The number of carbonyl (C=O) groups excluding carboxylic acids is 1. The molecular weight excluding hydrogens is 340 g/mol. The molecule has 1 heterocycles. The molecule has 0 bridgehead atoms. The van der Waals surface area contributed by atoms with Gasteiger partial charge in [0.2, 0.25) is 0 Å². The molecule has 1 amide bonds. The molecule has 1 saturated heterocycles. The van der Waals surface area contributed by atoms with Crippen molar-refractivity contribution in [2.45, 2.75) is 52.7 Å². The number of aliphatic hydroxyl groups excluding tert-OH is 1. The van der Waals surface area contributed by atoms with Crippen LogP contribution >= 0.6 is 11.6 Å². The Morgan fingerprint density at radius 1 is 1.28 bits per heavy atom. The average Bonchev–Trinajstić information content (AvgIpc) is 2.54. The van der Waals surface area contributed by atoms with Gasteiger partial charge in [0, 0.05) is 42.5 Å². The fraction of sp³-hybridized carbons (Fsp3) is 0.632. The summed E-state index contributed by atoms with van der Waals surface area (Å²) in [6, 6.07) is 3.89. The van der Waals surface area contributed by atoms with Crippen molar-refractivity contribution in [1.82, 2.24) is 4.90 Å². The van der Waals surface area contributed by atoms with Gasteiger partial charge in [-0.1, -0.05) is 18.5 Å². The molecule has 1 atom stereocenters. The number of rotatable bonds is 3. The topological polar surface area (TPSA) is 53.0 Å². The first kappa shape index (κ1) is 19.9. The Balaban J connectivity index is 2.13. The van der Waals surface area contributed by atoms with Crippen LogP contribution in [0.4, 0.5) is 10.5 Å². The van der Waals surface area contributed by atoms with Crippen molar-refractivity contribution < 1.29 is 14.6 Å². The van der Waals surface area contributed by atoms with Crippen LogP contribution in [0.1, 0.15) is 51.3 Å². The number of piperazine rings is 1. The molecule has 0 spiro atoms. The van der Waals surface area contributed by atoms with E-state index in [4.69, 9.17) is 16.3 Å². The third kappa shape index (κ3) is 5.02. The maximum absolute atomic E-state index is 12.2. The second kappa shape index (κ2) is 7.83. The van der Waals surface area contributed by atoms with Crippen LogP contribution in [0, 0.1) is 6.92 Å². The zero-order valence-corrected chi connectivity index (χ0v) is 16.6. The Hall–Kier alpha value is -1.46. The van der Waals surface area contributed by atoms with E-state index in [1.807, 2.05) is 46.8 Å². The lowest BCUT2D eigenvalue weighted by molar-refractivity contribution is 0.0240. The van der Waals surface area contributed by atoms with Gasteiger partial charge in [0.15, 0.2) is 0 Å². The van der Waals surface area contributed by atoms with Gasteiger partial charge in [0.1, 0.15) is 5.60 Å². The van der Waals surface area contributed by atoms with Crippen molar-refractivity contribution in [3.63, 3.8) is 0 Å². The van der Waals surface area contributed by atoms with E-state index >= 15 is 0 Å². The number of nitrogens with zero attached hydrogens (tertiary/aromatic N) is 2. The van der Waals surface area contributed by atoms with E-state index in [2.05, 4.69) is 4.90 Å². The third-order valence-electron chi connectivity index (χ3n) is 4.33. The average molecular weight is 369 g/mol. The monoisotopic (exact) mass is 368 g/mol. The molecule has 140 valence electrons. The summed E-state index contributed by atoms with van der Waals surface area (Å²) in [6.45, 7) is 12.0. The minimum Gasteiger partial charge on any atom is -0.444 e. The standard InChI is InChI=1S/C19H29ClN2O3/c1-6-17(23)14-11-13(2)15(20)12-16(14)21-7-9-22(10-8-21)18(24)25-19(3,4)5/h11-12,17,23H,6-10H2,1-5H3/t17-/m1/s1. The van der Waals surface area contributed by atoms with Gasteiger partial charge < -0.3 is 19.6 Å². The Morgan fingerprint density at radius 3 is 2.40 bits per heavy atom. The summed E-state index contributed by atoms with van der Waals surface area (Å²) >= 11 is 6.31. The maximum atomic E-state index is 12.2. The fourth-order valence-corrected chi connectivity index (χ4v) is 3.07. The van der Waals surface area contributed by atoms with Crippen LogP contribution in [0.25, 0.3) is 0 Å². The molecule has 6 heteroatoms. The summed E-state index contributed by atoms with van der Waals surface area (Å²) in [7, 11) is 0. The first-order valence-electron chi connectivity index (χ1n) is 8.83. The lowest BCUT2D eigenvalue weighted by Crippen LogP contribution is -2.50. The minimum atomic E-state index is -0.519. The molecule has 0 aromatic heterocycles. The van der Waals surface area contributed by atoms with Crippen LogP contribution in [0.15, 0.2) is 12.1 Å². The van der Waals surface area contributed by atoms with E-state index in [0.717, 1.165) is 16.8 Å². The van der Waals surface area contributed by atoms with Crippen LogP contribution in [0.5, 0.6) is 0 Å². The molecule has 2 rings (SSSR count). The first-order chi connectivity index (χ1) is 11.6. The molecule has 0 radical (unpaired) electrons. The van der Waals surface area contributed by atoms with Crippen LogP contribution < -0.4 is 4.90 Å². The fourth-order valence-electron chi connectivity index (χ4n) is 2.91. The number of hydrogen-bond donors (Lipinski definition) is 1. The molecule has 0 saturated carbocycles. The summed E-state index contributed by atoms with van der Waals surface area (Å²) in [5, 5.41) is 11.1. The first-order valence-corrected chi connectivity index (χ1v) is 9.21. The zero-order valence-electron chi connectivity index (χ0n) is 15.8. The van der Waals surface area contributed by atoms with Crippen molar-refractivity contribution >= 4 is 23.4 Å². The van der Waals surface area contributed by atoms with Gasteiger partial charge in [0.25, 0.3) is 0 Å². The highest BCUT2D eigenvalue weighted by Gasteiger charge is 2.27. The molecule has 1 aromatic rings. The lowest BCUT2D eigenvalue weighted by Gasteiger charge is -2.38. The van der Waals surface area contributed by atoms with Crippen LogP contribution in [-0.4, -0.2) is 47.9 Å². The highest BCUT2D eigenvalue weighted by Crippen LogP contribution is 2.34. The number of halogens is 1. The number of carbonyl (C=O) groups is 1. The Labute approximate surface area is 155 Å². The molecule has 1 aliphatic heterocycles. The summed E-state index contributed by atoms with van der Waals surface area (Å²) in [5.74, 6) is 0. The molecule has 5 nitrogen and oxygen atoms in total. The van der Waals surface area contributed by atoms with E-state index in [-0.39, 0.29) is 6.09 Å². The largest absolute Gasteiger partial charge is 0.444 e. The molecule has 1 aliphatic rings. The molecular formula is C19H29ClN2O3.